The summed E-state index contributed by atoms with van der Waals surface area (Å²) in [6.45, 7) is 53.5. The third-order valence-electron chi connectivity index (χ3n) is 14.0. The molecule has 0 radical (unpaired) electrons. The lowest BCUT2D eigenvalue weighted by Gasteiger charge is -2.15. The van der Waals surface area contributed by atoms with Crippen LogP contribution in [0.25, 0.3) is 0 Å². The lowest BCUT2D eigenvalue weighted by Crippen LogP contribution is -2.24. The number of hydrogen-bond donors (Lipinski definition) is 1. The lowest BCUT2D eigenvalue weighted by molar-refractivity contribution is -0.173. The largest absolute Gasteiger partial charge is 0.511 e. The van der Waals surface area contributed by atoms with Gasteiger partial charge in [-0.1, -0.05) is 162 Å². The fraction of sp³-hybridized carbons (Fsp3) is 0.789. The molecule has 0 saturated heterocycles. The molecule has 0 heterocycles. The first-order valence-electron chi connectivity index (χ1n) is 45.9. The molecule has 0 unspecified atom stereocenters. The number of carboxylic acid groups (broad SMARTS) is 1. The van der Waals surface area contributed by atoms with Crippen molar-refractivity contribution < 1.29 is 167 Å². The van der Waals surface area contributed by atoms with Gasteiger partial charge in [0, 0.05) is 83.5 Å². The average Bonchev–Trinajstić information content (AvgIpc) is 0.918. The number of ether oxygens (including phenoxy) is 14. The van der Waals surface area contributed by atoms with Gasteiger partial charge in [-0.3, -0.25) is 62.3 Å². The summed E-state index contributed by atoms with van der Waals surface area (Å²) < 4.78 is 65.7. The van der Waals surface area contributed by atoms with E-state index in [2.05, 4.69) is 56.1 Å². The van der Waals surface area contributed by atoms with Crippen LogP contribution in [0.4, 0.5) is 4.79 Å². The van der Waals surface area contributed by atoms with E-state index in [1.54, 1.807) is 90.0 Å². The molecule has 0 aromatic rings. The van der Waals surface area contributed by atoms with Gasteiger partial charge in [0.2, 0.25) is 13.6 Å². The second-order valence-corrected chi connectivity index (χ2v) is 28.8. The third kappa shape index (κ3) is 176. The zero-order valence-electron chi connectivity index (χ0n) is 85.2. The Hall–Kier alpha value is -9.60. The number of carboxylic acids is 1. The second-order valence-electron chi connectivity index (χ2n) is 28.8. The lowest BCUT2D eigenvalue weighted by atomic mass is 9.98. The van der Waals surface area contributed by atoms with Crippen molar-refractivity contribution in [2.45, 2.75) is 418 Å². The number of unbranched alkanes of at least 4 members (excludes halogenated alkanes) is 9. The van der Waals surface area contributed by atoms with Gasteiger partial charge in [0.1, 0.15) is 34.7 Å². The topological polar surface area (TPSA) is 491 Å². The van der Waals surface area contributed by atoms with E-state index >= 15 is 0 Å². The first-order valence-corrected chi connectivity index (χ1v) is 45.9. The molecular weight excluding hydrogens is 1700 g/mol. The van der Waals surface area contributed by atoms with Gasteiger partial charge < -0.3 is 100 Å². The molecule has 0 rings (SSSR count). The molecule has 0 aliphatic carbocycles. The summed E-state index contributed by atoms with van der Waals surface area (Å²) in [7, 11) is 0. The van der Waals surface area contributed by atoms with Crippen molar-refractivity contribution in [3.05, 3.63) is 0 Å². The van der Waals surface area contributed by atoms with E-state index in [0.717, 1.165) is 77.0 Å². The van der Waals surface area contributed by atoms with Crippen LogP contribution in [0.1, 0.15) is 412 Å². The van der Waals surface area contributed by atoms with Crippen molar-refractivity contribution in [1.29, 1.82) is 0 Å². The Balaban J connectivity index is -0.000000104. The smallest absolute Gasteiger partial charge is 0.481 e. The fourth-order valence-corrected chi connectivity index (χ4v) is 6.34. The molecule has 130 heavy (non-hydrogen) atoms. The normalized spacial score (nSPS) is 9.33. The highest BCUT2D eigenvalue weighted by Crippen LogP contribution is 2.15. The monoisotopic (exact) mass is 1880 g/mol. The van der Waals surface area contributed by atoms with Crippen LogP contribution in [0.5, 0.6) is 0 Å². The molecular formula is C95H176O35. The summed E-state index contributed by atoms with van der Waals surface area (Å²) in [4.78, 5) is 210. The van der Waals surface area contributed by atoms with Gasteiger partial charge in [-0.15, -0.1) is 0 Å². The SMILES string of the molecule is CC(=O)CCC(=O)O.CCC(=O)OCOC(=O)C(C)(C)C.CCC(=O)OCOC(=O)OC(C)C.CCC(C)=O.CCCCCCOC(=O)CC.CCCCCOC(=O)CC.CCCCCOC(=O)CCC(C)=O.CCCCOC(=O)CC.CCCCOC(=O)CCC(C)=O.CCCOC(=O)CC.CCCOC(=O)CCC(C)=O.CCOC(=O)CC.CCOC(=O)CCC(C)=O. The van der Waals surface area contributed by atoms with Crippen molar-refractivity contribution in [2.75, 3.05) is 73.0 Å². The molecule has 0 atom stereocenters. The summed E-state index contributed by atoms with van der Waals surface area (Å²) in [6, 6.07) is 0. The second kappa shape index (κ2) is 119. The van der Waals surface area contributed by atoms with Gasteiger partial charge in [0.05, 0.1) is 103 Å². The van der Waals surface area contributed by atoms with Crippen molar-refractivity contribution in [1.82, 2.24) is 0 Å². The summed E-state index contributed by atoms with van der Waals surface area (Å²) >= 11 is 0. The molecule has 0 aromatic carbocycles. The fourth-order valence-electron chi connectivity index (χ4n) is 6.34. The number of carbonyl (C=O) groups excluding carboxylic acids is 19. The minimum absolute atomic E-state index is 0.0213. The van der Waals surface area contributed by atoms with Gasteiger partial charge >= 0.3 is 83.8 Å². The molecule has 766 valence electrons. The van der Waals surface area contributed by atoms with E-state index in [0.29, 0.717) is 124 Å². The zero-order chi connectivity index (χ0) is 103. The Morgan fingerprint density at radius 1 is 0.231 bits per heavy atom. The molecule has 0 aliphatic rings. The Labute approximate surface area is 779 Å². The molecule has 1 N–H and O–H groups in total. The van der Waals surface area contributed by atoms with Crippen LogP contribution < -0.4 is 0 Å². The number of Topliss-reactive ketones (excluding diaryl/α,β-unsaturated/α-hetero) is 6. The number of esters is 12. The molecule has 0 spiro atoms. The summed E-state index contributed by atoms with van der Waals surface area (Å²) in [5.41, 5.74) is -0.557. The van der Waals surface area contributed by atoms with Crippen LogP contribution in [0.15, 0.2) is 0 Å². The van der Waals surface area contributed by atoms with Crippen LogP contribution in [-0.4, -0.2) is 203 Å². The molecule has 0 fully saturated rings. The maximum atomic E-state index is 11.1. The molecule has 0 aliphatic heterocycles. The molecule has 0 saturated carbocycles. The number of aliphatic carboxylic acids is 1. The van der Waals surface area contributed by atoms with E-state index in [1.165, 1.54) is 60.3 Å². The number of rotatable bonds is 53. The molecule has 35 heteroatoms. The molecule has 0 aromatic heterocycles. The Morgan fingerprint density at radius 2 is 0.454 bits per heavy atom. The van der Waals surface area contributed by atoms with Crippen LogP contribution in [0.2, 0.25) is 0 Å². The van der Waals surface area contributed by atoms with Crippen molar-refractivity contribution in [2.24, 2.45) is 5.41 Å². The zero-order valence-corrected chi connectivity index (χ0v) is 85.2. The van der Waals surface area contributed by atoms with Gasteiger partial charge in [-0.25, -0.2) is 4.79 Å². The van der Waals surface area contributed by atoms with Crippen molar-refractivity contribution >= 4 is 118 Å². The minimum atomic E-state index is -0.916. The average molecular weight is 1880 g/mol. The first kappa shape index (κ1) is 149. The van der Waals surface area contributed by atoms with E-state index in [1.807, 2.05) is 41.5 Å². The van der Waals surface area contributed by atoms with Crippen LogP contribution in [-0.2, 0) is 157 Å². The summed E-state index contributed by atoms with van der Waals surface area (Å²) in [6.07, 6.45) is 21.5. The Bertz CT molecular complexity index is 2840. The van der Waals surface area contributed by atoms with E-state index in [-0.39, 0.29) is 165 Å². The number of hydrogen-bond acceptors (Lipinski definition) is 34. The van der Waals surface area contributed by atoms with Gasteiger partial charge in [0.25, 0.3) is 0 Å². The molecule has 35 nitrogen and oxygen atoms in total. The van der Waals surface area contributed by atoms with Gasteiger partial charge in [-0.2, -0.15) is 0 Å². The summed E-state index contributed by atoms with van der Waals surface area (Å²) in [5, 5.41) is 8.01. The molecule has 0 bridgehead atoms. The highest BCUT2D eigenvalue weighted by Gasteiger charge is 2.23. The van der Waals surface area contributed by atoms with Crippen molar-refractivity contribution in [3.8, 4) is 0 Å². The van der Waals surface area contributed by atoms with E-state index in [9.17, 15) is 95.9 Å². The predicted molar refractivity (Wildman–Crippen MR) is 494 cm³/mol. The number of carbonyl (C=O) groups is 20. The minimum Gasteiger partial charge on any atom is -0.481 e. The summed E-state index contributed by atoms with van der Waals surface area (Å²) in [5.74, 6) is -3.38. The maximum Gasteiger partial charge on any atom is 0.511 e. The quantitative estimate of drug-likeness (QED) is 0.0256. The van der Waals surface area contributed by atoms with Crippen LogP contribution >= 0.6 is 0 Å². The third-order valence-corrected chi connectivity index (χ3v) is 14.0. The maximum absolute atomic E-state index is 11.1. The van der Waals surface area contributed by atoms with Crippen molar-refractivity contribution in [3.63, 3.8) is 0 Å². The predicted octanol–water partition coefficient (Wildman–Crippen LogP) is 19.1. The highest BCUT2D eigenvalue weighted by atomic mass is 16.8. The van der Waals surface area contributed by atoms with Crippen LogP contribution in [0, 0.1) is 5.41 Å². The Kier molecular flexibility index (Phi) is 137. The first-order chi connectivity index (χ1) is 61.0. The standard InChI is InChI=1S/C10H18O3.C9H16O4.C9H16O3.C9H18O2.C8H14O5.C8H14O3.C8H16O2.C7H12O3.C7H14O2.C6H12O2.C5H8O3.C5H10O2.C4H8O/c1-3-4-5-8-13-10(12)7-6-9(2)11;1-5-7(10)12-6-13-8(11)9(2,3)4;1-3-4-7-12-9(11)6-5-8(2)10;1-3-5-6-7-8-11-9(10)4-2;1-4-7(9)11-5-12-8(10)13-6(2)3;1-3-6-11-8(10)5-4-7(2)9;1-3-5-6-7-10-8(9)4-2;1-3-10-7(9)5-4-6(2)8;1-3-5-6-9-7(8)4-2;1-3-5-8-6(7)4-2;1-4(6)2-3-5(7)8;1-3-5(6)7-4-2;1-3-4(2)5/h3-8H2,1-2H3;5-6H2,1-4H3;3-7H2,1-2H3;3-8H2,1-2H3;6H,4-5H2,1-3H3;3-6H2,1-2H3;3-7H2,1-2H3;3-5H2,1-2H3;3-6H2,1-2H3;3-5H2,1-2H3;2-3H2,1H3,(H,7,8);3-4H2,1-2H3;3H2,1-2H3. The highest BCUT2D eigenvalue weighted by molar-refractivity contribution is 5.83. The number of ketones is 6. The van der Waals surface area contributed by atoms with E-state index < -0.39 is 30.3 Å². The van der Waals surface area contributed by atoms with Crippen LogP contribution in [0.3, 0.4) is 0 Å². The van der Waals surface area contributed by atoms with Gasteiger partial charge in [0.15, 0.2) is 0 Å². The van der Waals surface area contributed by atoms with Gasteiger partial charge in [-0.05, 0) is 135 Å². The Morgan fingerprint density at radius 3 is 0.685 bits per heavy atom. The molecule has 0 amide bonds. The van der Waals surface area contributed by atoms with E-state index in [4.69, 9.17) is 43.0 Å².